The Balaban J connectivity index is 0.00000220. The fourth-order valence-electron chi connectivity index (χ4n) is 2.37. The number of hydrogen-bond acceptors (Lipinski definition) is 4. The Hall–Kier alpha value is -1.30. The Morgan fingerprint density at radius 3 is 2.71 bits per heavy atom. The highest BCUT2D eigenvalue weighted by molar-refractivity contribution is 5.92. The van der Waals surface area contributed by atoms with Crippen molar-refractivity contribution in [2.24, 2.45) is 0 Å². The number of hydrogen-bond donors (Lipinski definition) is 2. The van der Waals surface area contributed by atoms with Crippen molar-refractivity contribution in [3.63, 3.8) is 0 Å². The van der Waals surface area contributed by atoms with Crippen molar-refractivity contribution in [2.45, 2.75) is 19.4 Å². The van der Waals surface area contributed by atoms with Crippen LogP contribution >= 0.6 is 12.4 Å². The van der Waals surface area contributed by atoms with Crippen molar-refractivity contribution < 1.29 is 9.53 Å². The van der Waals surface area contributed by atoms with Gasteiger partial charge in [-0.15, -0.1) is 12.4 Å². The molecule has 0 aromatic heterocycles. The lowest BCUT2D eigenvalue weighted by Crippen LogP contribution is -2.39. The Morgan fingerprint density at radius 1 is 1.43 bits per heavy atom. The highest BCUT2D eigenvalue weighted by atomic mass is 35.5. The van der Waals surface area contributed by atoms with Crippen LogP contribution in [0.3, 0.4) is 0 Å². The summed E-state index contributed by atoms with van der Waals surface area (Å²) in [6, 6.07) is 7.91. The van der Waals surface area contributed by atoms with E-state index < -0.39 is 0 Å². The molecule has 1 aromatic carbocycles. The minimum Gasteiger partial charge on any atom is -0.494 e. The molecule has 1 atom stereocenters. The van der Waals surface area contributed by atoms with E-state index in [4.69, 9.17) is 4.74 Å². The zero-order chi connectivity index (χ0) is 14.4. The van der Waals surface area contributed by atoms with E-state index in [1.54, 1.807) is 0 Å². The van der Waals surface area contributed by atoms with Gasteiger partial charge in [-0.1, -0.05) is 0 Å². The Kier molecular flexibility index (Phi) is 7.50. The first kappa shape index (κ1) is 17.8. The lowest BCUT2D eigenvalue weighted by Gasteiger charge is -2.22. The van der Waals surface area contributed by atoms with E-state index in [1.807, 2.05) is 38.2 Å². The van der Waals surface area contributed by atoms with Crippen LogP contribution in [0.1, 0.15) is 13.3 Å². The van der Waals surface area contributed by atoms with Crippen LogP contribution < -0.4 is 15.4 Å². The molecule has 1 aliphatic rings. The van der Waals surface area contributed by atoms with Crippen LogP contribution in [0.4, 0.5) is 5.69 Å². The topological polar surface area (TPSA) is 53.6 Å². The average Bonchev–Trinajstić information content (AvgIpc) is 2.95. The van der Waals surface area contributed by atoms with Gasteiger partial charge in [-0.05, 0) is 51.2 Å². The third-order valence-corrected chi connectivity index (χ3v) is 3.50. The third kappa shape index (κ3) is 5.53. The van der Waals surface area contributed by atoms with Gasteiger partial charge in [-0.2, -0.15) is 0 Å². The number of ether oxygens (including phenoxy) is 1. The third-order valence-electron chi connectivity index (χ3n) is 3.50. The van der Waals surface area contributed by atoms with Gasteiger partial charge in [0, 0.05) is 18.3 Å². The number of anilines is 1. The summed E-state index contributed by atoms with van der Waals surface area (Å²) in [6.45, 7) is 5.01. The van der Waals surface area contributed by atoms with Crippen molar-refractivity contribution in [1.82, 2.24) is 10.2 Å². The second kappa shape index (κ2) is 8.87. The maximum Gasteiger partial charge on any atom is 0.238 e. The minimum absolute atomic E-state index is 0. The second-order valence-electron chi connectivity index (χ2n) is 5.07. The van der Waals surface area contributed by atoms with Crippen LogP contribution in [-0.4, -0.2) is 50.1 Å². The summed E-state index contributed by atoms with van der Waals surface area (Å²) in [6.07, 6.45) is 1.10. The molecule has 1 saturated heterocycles. The number of rotatable bonds is 6. The molecule has 0 bridgehead atoms. The Labute approximate surface area is 132 Å². The molecular formula is C15H24ClN3O2. The van der Waals surface area contributed by atoms with E-state index >= 15 is 0 Å². The number of carbonyl (C=O) groups is 1. The number of carbonyl (C=O) groups excluding carboxylic acids is 1. The van der Waals surface area contributed by atoms with E-state index in [2.05, 4.69) is 15.5 Å². The van der Waals surface area contributed by atoms with E-state index in [-0.39, 0.29) is 18.3 Å². The number of benzene rings is 1. The quantitative estimate of drug-likeness (QED) is 0.840. The number of likely N-dealkylation sites (N-methyl/N-ethyl adjacent to an activating group) is 1. The van der Waals surface area contributed by atoms with Crippen molar-refractivity contribution in [3.8, 4) is 5.75 Å². The van der Waals surface area contributed by atoms with Gasteiger partial charge >= 0.3 is 0 Å². The number of amides is 1. The fraction of sp³-hybridized carbons (Fsp3) is 0.533. The molecule has 2 N–H and O–H groups in total. The highest BCUT2D eigenvalue weighted by Gasteiger charge is 2.20. The van der Waals surface area contributed by atoms with Crippen LogP contribution in [-0.2, 0) is 4.79 Å². The second-order valence-corrected chi connectivity index (χ2v) is 5.07. The van der Waals surface area contributed by atoms with Crippen LogP contribution in [0.15, 0.2) is 24.3 Å². The van der Waals surface area contributed by atoms with Gasteiger partial charge in [-0.25, -0.2) is 0 Å². The molecule has 0 spiro atoms. The predicted octanol–water partition coefficient (Wildman–Crippen LogP) is 1.74. The number of nitrogens with zero attached hydrogens (tertiary/aromatic N) is 1. The standard InChI is InChI=1S/C15H23N3O2.ClH/c1-3-20-14-6-4-12(5-7-14)17-15(19)11-18(2)13-8-9-16-10-13;/h4-7,13,16H,3,8-11H2,1-2H3,(H,17,19);1H. The minimum atomic E-state index is 0. The molecular weight excluding hydrogens is 290 g/mol. The van der Waals surface area contributed by atoms with Crippen molar-refractivity contribution >= 4 is 24.0 Å². The number of nitrogens with one attached hydrogen (secondary N) is 2. The zero-order valence-electron chi connectivity index (χ0n) is 12.6. The molecule has 1 aliphatic heterocycles. The Bertz CT molecular complexity index is 433. The van der Waals surface area contributed by atoms with Crippen LogP contribution in [0.2, 0.25) is 0 Å². The van der Waals surface area contributed by atoms with Gasteiger partial charge in [-0.3, -0.25) is 9.69 Å². The maximum atomic E-state index is 12.0. The largest absolute Gasteiger partial charge is 0.494 e. The monoisotopic (exact) mass is 313 g/mol. The Morgan fingerprint density at radius 2 is 2.14 bits per heavy atom. The molecule has 0 aliphatic carbocycles. The average molecular weight is 314 g/mol. The summed E-state index contributed by atoms with van der Waals surface area (Å²) in [4.78, 5) is 14.1. The summed E-state index contributed by atoms with van der Waals surface area (Å²) in [5, 5.41) is 6.22. The van der Waals surface area contributed by atoms with Gasteiger partial charge in [0.1, 0.15) is 5.75 Å². The summed E-state index contributed by atoms with van der Waals surface area (Å²) >= 11 is 0. The smallest absolute Gasteiger partial charge is 0.238 e. The molecule has 1 fully saturated rings. The molecule has 21 heavy (non-hydrogen) atoms. The van der Waals surface area contributed by atoms with Gasteiger partial charge in [0.2, 0.25) is 5.91 Å². The predicted molar refractivity (Wildman–Crippen MR) is 87.4 cm³/mol. The van der Waals surface area contributed by atoms with Gasteiger partial charge in [0.15, 0.2) is 0 Å². The van der Waals surface area contributed by atoms with Crippen LogP contribution in [0.25, 0.3) is 0 Å². The van der Waals surface area contributed by atoms with Crippen LogP contribution in [0, 0.1) is 0 Å². The molecule has 118 valence electrons. The SMILES string of the molecule is CCOc1ccc(NC(=O)CN(C)C2CCNC2)cc1.Cl. The van der Waals surface area contributed by atoms with Gasteiger partial charge in [0.25, 0.3) is 0 Å². The first-order chi connectivity index (χ1) is 9.69. The van der Waals surface area contributed by atoms with E-state index in [1.165, 1.54) is 0 Å². The fourth-order valence-corrected chi connectivity index (χ4v) is 2.37. The van der Waals surface area contributed by atoms with Crippen molar-refractivity contribution in [2.75, 3.05) is 38.6 Å². The van der Waals surface area contributed by atoms with Gasteiger partial charge in [0.05, 0.1) is 13.2 Å². The lowest BCUT2D eigenvalue weighted by molar-refractivity contribution is -0.117. The van der Waals surface area contributed by atoms with Crippen LogP contribution in [0.5, 0.6) is 5.75 Å². The van der Waals surface area contributed by atoms with Crippen molar-refractivity contribution in [3.05, 3.63) is 24.3 Å². The maximum absolute atomic E-state index is 12.0. The molecule has 2 rings (SSSR count). The van der Waals surface area contributed by atoms with Crippen molar-refractivity contribution in [1.29, 1.82) is 0 Å². The number of halogens is 1. The first-order valence-electron chi connectivity index (χ1n) is 7.12. The molecule has 1 aromatic rings. The molecule has 0 saturated carbocycles. The molecule has 0 radical (unpaired) electrons. The summed E-state index contributed by atoms with van der Waals surface area (Å²) in [5.41, 5.74) is 0.802. The molecule has 1 amide bonds. The van der Waals surface area contributed by atoms with E-state index in [0.717, 1.165) is 30.9 Å². The summed E-state index contributed by atoms with van der Waals surface area (Å²) < 4.78 is 5.37. The molecule has 6 heteroatoms. The molecule has 1 heterocycles. The first-order valence-corrected chi connectivity index (χ1v) is 7.12. The highest BCUT2D eigenvalue weighted by Crippen LogP contribution is 2.15. The van der Waals surface area contributed by atoms with Gasteiger partial charge < -0.3 is 15.4 Å². The summed E-state index contributed by atoms with van der Waals surface area (Å²) in [7, 11) is 2.00. The molecule has 1 unspecified atom stereocenters. The van der Waals surface area contributed by atoms with E-state index in [0.29, 0.717) is 19.2 Å². The summed E-state index contributed by atoms with van der Waals surface area (Å²) in [5.74, 6) is 0.836. The molecule has 5 nitrogen and oxygen atoms in total. The van der Waals surface area contributed by atoms with E-state index in [9.17, 15) is 4.79 Å². The zero-order valence-corrected chi connectivity index (χ0v) is 13.4. The normalized spacial score (nSPS) is 17.4. The lowest BCUT2D eigenvalue weighted by atomic mass is 10.2.